The summed E-state index contributed by atoms with van der Waals surface area (Å²) in [6.45, 7) is 1.54. The Labute approximate surface area is 159 Å². The minimum atomic E-state index is -0.875. The first-order valence-corrected chi connectivity index (χ1v) is 9.28. The first-order chi connectivity index (χ1) is 12.0. The number of thioether (sulfide) groups is 1. The Balaban J connectivity index is 1.78. The Hall–Kier alpha value is -1.99. The molecule has 1 N–H and O–H groups in total. The highest BCUT2D eigenvalue weighted by molar-refractivity contribution is 9.10. The van der Waals surface area contributed by atoms with Crippen molar-refractivity contribution in [1.29, 1.82) is 0 Å². The number of halogens is 1. The van der Waals surface area contributed by atoms with Crippen molar-refractivity contribution >= 4 is 45.3 Å². The molecule has 0 aliphatic rings. The van der Waals surface area contributed by atoms with E-state index in [-0.39, 0.29) is 11.7 Å². The van der Waals surface area contributed by atoms with Gasteiger partial charge in [-0.05, 0) is 55.5 Å². The molecular formula is C18H18BrNO4S. The van der Waals surface area contributed by atoms with Crippen LogP contribution in [0.2, 0.25) is 0 Å². The summed E-state index contributed by atoms with van der Waals surface area (Å²) in [6.07, 6.45) is -0.875. The van der Waals surface area contributed by atoms with E-state index in [1.807, 2.05) is 24.3 Å². The number of benzene rings is 2. The second kappa shape index (κ2) is 9.48. The number of hydrogen-bond acceptors (Lipinski definition) is 5. The number of rotatable bonds is 7. The maximum absolute atomic E-state index is 12.1. The Kier molecular flexibility index (Phi) is 7.33. The lowest BCUT2D eigenvalue weighted by Crippen LogP contribution is -2.30. The van der Waals surface area contributed by atoms with E-state index in [1.54, 1.807) is 38.3 Å². The molecule has 7 heteroatoms. The van der Waals surface area contributed by atoms with Crippen molar-refractivity contribution in [2.45, 2.75) is 17.9 Å². The lowest BCUT2D eigenvalue weighted by Gasteiger charge is -2.13. The van der Waals surface area contributed by atoms with Gasteiger partial charge in [-0.15, -0.1) is 11.8 Å². The molecule has 0 saturated heterocycles. The number of nitrogens with one attached hydrogen (secondary N) is 1. The van der Waals surface area contributed by atoms with Gasteiger partial charge < -0.3 is 14.8 Å². The van der Waals surface area contributed by atoms with Crippen molar-refractivity contribution in [3.05, 3.63) is 53.0 Å². The number of amides is 1. The number of hydrogen-bond donors (Lipinski definition) is 1. The van der Waals surface area contributed by atoms with E-state index in [4.69, 9.17) is 9.47 Å². The van der Waals surface area contributed by atoms with Crippen LogP contribution < -0.4 is 10.1 Å². The SMILES string of the molecule is COc1ccc(NC(=O)C(C)OC(=O)CSc2ccc(Br)cc2)cc1. The van der Waals surface area contributed by atoms with Crippen molar-refractivity contribution in [1.82, 2.24) is 0 Å². The summed E-state index contributed by atoms with van der Waals surface area (Å²) >= 11 is 4.72. The smallest absolute Gasteiger partial charge is 0.317 e. The van der Waals surface area contributed by atoms with Crippen LogP contribution in [0.3, 0.4) is 0 Å². The number of ether oxygens (including phenoxy) is 2. The predicted octanol–water partition coefficient (Wildman–Crippen LogP) is 4.12. The summed E-state index contributed by atoms with van der Waals surface area (Å²) in [5.74, 6) is 0.0156. The highest BCUT2D eigenvalue weighted by Crippen LogP contribution is 2.21. The second-order valence-corrected chi connectivity index (χ2v) is 7.06. The molecule has 1 amide bonds. The molecular weight excluding hydrogens is 406 g/mol. The average Bonchev–Trinajstić information content (AvgIpc) is 2.61. The Morgan fingerprint density at radius 1 is 1.12 bits per heavy atom. The fourth-order valence-corrected chi connectivity index (χ4v) is 2.82. The summed E-state index contributed by atoms with van der Waals surface area (Å²) in [5, 5.41) is 2.69. The van der Waals surface area contributed by atoms with Gasteiger partial charge in [-0.1, -0.05) is 15.9 Å². The average molecular weight is 424 g/mol. The van der Waals surface area contributed by atoms with Crippen LogP contribution in [0.5, 0.6) is 5.75 Å². The van der Waals surface area contributed by atoms with Gasteiger partial charge in [0.05, 0.1) is 12.9 Å². The predicted molar refractivity (Wildman–Crippen MR) is 102 cm³/mol. The van der Waals surface area contributed by atoms with Gasteiger partial charge in [0.1, 0.15) is 5.75 Å². The van der Waals surface area contributed by atoms with Crippen molar-refractivity contribution in [3.63, 3.8) is 0 Å². The maximum Gasteiger partial charge on any atom is 0.317 e. The van der Waals surface area contributed by atoms with E-state index < -0.39 is 12.1 Å². The van der Waals surface area contributed by atoms with Gasteiger partial charge in [0.2, 0.25) is 0 Å². The molecule has 0 bridgehead atoms. The van der Waals surface area contributed by atoms with E-state index in [1.165, 1.54) is 11.8 Å². The fourth-order valence-electron chi connectivity index (χ4n) is 1.88. The fraction of sp³-hybridized carbons (Fsp3) is 0.222. The van der Waals surface area contributed by atoms with Crippen LogP contribution in [-0.2, 0) is 14.3 Å². The molecule has 25 heavy (non-hydrogen) atoms. The van der Waals surface area contributed by atoms with Crippen molar-refractivity contribution in [3.8, 4) is 5.75 Å². The van der Waals surface area contributed by atoms with E-state index in [0.717, 1.165) is 9.37 Å². The molecule has 0 fully saturated rings. The van der Waals surface area contributed by atoms with E-state index in [9.17, 15) is 9.59 Å². The van der Waals surface area contributed by atoms with Gasteiger partial charge in [0.15, 0.2) is 6.10 Å². The first kappa shape index (κ1) is 19.3. The summed E-state index contributed by atoms with van der Waals surface area (Å²) in [4.78, 5) is 24.9. The zero-order valence-corrected chi connectivity index (χ0v) is 16.2. The lowest BCUT2D eigenvalue weighted by molar-refractivity contribution is -0.150. The molecule has 0 aromatic heterocycles. The molecule has 0 aliphatic heterocycles. The lowest BCUT2D eigenvalue weighted by atomic mass is 10.3. The molecule has 132 valence electrons. The number of esters is 1. The topological polar surface area (TPSA) is 64.6 Å². The molecule has 1 unspecified atom stereocenters. The van der Waals surface area contributed by atoms with Crippen LogP contribution in [0.1, 0.15) is 6.92 Å². The van der Waals surface area contributed by atoms with Crippen LogP contribution in [0.15, 0.2) is 57.9 Å². The van der Waals surface area contributed by atoms with E-state index in [0.29, 0.717) is 11.4 Å². The Bertz CT molecular complexity index is 719. The number of anilines is 1. The molecule has 0 heterocycles. The standard InChI is InChI=1S/C18H18BrNO4S/c1-12(18(22)20-14-5-7-15(23-2)8-6-14)24-17(21)11-25-16-9-3-13(19)4-10-16/h3-10,12H,11H2,1-2H3,(H,20,22). The zero-order valence-electron chi connectivity index (χ0n) is 13.8. The van der Waals surface area contributed by atoms with Crippen LogP contribution >= 0.6 is 27.7 Å². The number of carbonyl (C=O) groups is 2. The number of carbonyl (C=O) groups excluding carboxylic acids is 2. The van der Waals surface area contributed by atoms with Crippen molar-refractivity contribution in [2.24, 2.45) is 0 Å². The molecule has 0 aliphatic carbocycles. The molecule has 0 radical (unpaired) electrons. The Morgan fingerprint density at radius 3 is 2.36 bits per heavy atom. The molecule has 5 nitrogen and oxygen atoms in total. The molecule has 0 spiro atoms. The highest BCUT2D eigenvalue weighted by Gasteiger charge is 2.18. The monoisotopic (exact) mass is 423 g/mol. The Morgan fingerprint density at radius 2 is 1.76 bits per heavy atom. The van der Waals surface area contributed by atoms with Gasteiger partial charge in [-0.3, -0.25) is 9.59 Å². The third-order valence-electron chi connectivity index (χ3n) is 3.21. The largest absolute Gasteiger partial charge is 0.497 e. The van der Waals surface area contributed by atoms with Gasteiger partial charge in [-0.25, -0.2) is 0 Å². The van der Waals surface area contributed by atoms with Gasteiger partial charge in [0, 0.05) is 15.1 Å². The molecule has 1 atom stereocenters. The molecule has 2 rings (SSSR count). The van der Waals surface area contributed by atoms with E-state index >= 15 is 0 Å². The van der Waals surface area contributed by atoms with Crippen LogP contribution in [0, 0.1) is 0 Å². The van der Waals surface area contributed by atoms with Crippen molar-refractivity contribution in [2.75, 3.05) is 18.2 Å². The van der Waals surface area contributed by atoms with Gasteiger partial charge >= 0.3 is 5.97 Å². The molecule has 0 saturated carbocycles. The first-order valence-electron chi connectivity index (χ1n) is 7.50. The van der Waals surface area contributed by atoms with E-state index in [2.05, 4.69) is 21.2 Å². The zero-order chi connectivity index (χ0) is 18.2. The summed E-state index contributed by atoms with van der Waals surface area (Å²) < 4.78 is 11.2. The summed E-state index contributed by atoms with van der Waals surface area (Å²) in [6, 6.07) is 14.5. The van der Waals surface area contributed by atoms with Crippen LogP contribution in [-0.4, -0.2) is 30.8 Å². The van der Waals surface area contributed by atoms with Gasteiger partial charge in [0.25, 0.3) is 5.91 Å². The summed E-state index contributed by atoms with van der Waals surface area (Å²) in [7, 11) is 1.57. The highest BCUT2D eigenvalue weighted by atomic mass is 79.9. The second-order valence-electron chi connectivity index (χ2n) is 5.09. The summed E-state index contributed by atoms with van der Waals surface area (Å²) in [5.41, 5.74) is 0.609. The van der Waals surface area contributed by atoms with Gasteiger partial charge in [-0.2, -0.15) is 0 Å². The third-order valence-corrected chi connectivity index (χ3v) is 4.72. The van der Waals surface area contributed by atoms with Crippen LogP contribution in [0.4, 0.5) is 5.69 Å². The molecule has 2 aromatic carbocycles. The third kappa shape index (κ3) is 6.43. The van der Waals surface area contributed by atoms with Crippen molar-refractivity contribution < 1.29 is 19.1 Å². The van der Waals surface area contributed by atoms with Crippen LogP contribution in [0.25, 0.3) is 0 Å². The minimum absolute atomic E-state index is 0.141. The molecule has 2 aromatic rings. The quantitative estimate of drug-likeness (QED) is 0.535. The maximum atomic E-state index is 12.1. The normalized spacial score (nSPS) is 11.5. The minimum Gasteiger partial charge on any atom is -0.497 e. The number of methoxy groups -OCH3 is 1.